The van der Waals surface area contributed by atoms with Gasteiger partial charge >= 0.3 is 0 Å². The molecule has 0 saturated carbocycles. The third-order valence-corrected chi connectivity index (χ3v) is 17.8. The highest BCUT2D eigenvalue weighted by Gasteiger charge is 2.28. The largest absolute Gasteiger partial charge is 0.496 e. The minimum atomic E-state index is -0.0156. The van der Waals surface area contributed by atoms with E-state index in [0.717, 1.165) is 142 Å². The van der Waals surface area contributed by atoms with E-state index in [0.29, 0.717) is 88.3 Å². The molecule has 94 heavy (non-hydrogen) atoms. The van der Waals surface area contributed by atoms with Gasteiger partial charge in [-0.1, -0.05) is 48.5 Å². The molecule has 0 aliphatic heterocycles. The SMILES string of the molecule is COc1cc(CC[C@@H](Cc2ccc(CCc3cc(OC)c(OC)c(OC)c3)c(OC)c2)[C@H](Cc2ccc(CCc3cc(OC)c(OC)c(OC)c3)c(OC)c2)c2ccc(CCc3cc(OC)c(OC)c(OC)c3)c(OC)c2)ccc1CCc1cc(OC)c(OC)c(OC)c1. The Morgan fingerprint density at radius 2 is 0.457 bits per heavy atom. The van der Waals surface area contributed by atoms with Crippen LogP contribution < -0.4 is 75.8 Å². The van der Waals surface area contributed by atoms with E-state index in [9.17, 15) is 0 Å². The number of hydrogen-bond donors (Lipinski definition) is 0. The molecule has 0 bridgehead atoms. The zero-order valence-corrected chi connectivity index (χ0v) is 57.7. The molecule has 0 aliphatic carbocycles. The highest BCUT2D eigenvalue weighted by Crippen LogP contribution is 2.44. The molecule has 0 aliphatic rings. The van der Waals surface area contributed by atoms with Crippen molar-refractivity contribution in [3.8, 4) is 92.0 Å². The Morgan fingerprint density at radius 3 is 0.745 bits per heavy atom. The summed E-state index contributed by atoms with van der Waals surface area (Å²) in [5, 5.41) is 0. The van der Waals surface area contributed by atoms with Crippen LogP contribution in [0.25, 0.3) is 0 Å². The van der Waals surface area contributed by atoms with E-state index in [4.69, 9.17) is 75.8 Å². The lowest BCUT2D eigenvalue weighted by Gasteiger charge is -2.30. The molecule has 8 rings (SSSR count). The maximum atomic E-state index is 6.36. The van der Waals surface area contributed by atoms with Crippen LogP contribution in [0.1, 0.15) is 79.1 Å². The fourth-order valence-corrected chi connectivity index (χ4v) is 12.7. The summed E-state index contributed by atoms with van der Waals surface area (Å²) >= 11 is 0. The van der Waals surface area contributed by atoms with Gasteiger partial charge in [0.05, 0.1) is 114 Å². The Hall–Kier alpha value is -9.44. The lowest BCUT2D eigenvalue weighted by Crippen LogP contribution is -2.20. The van der Waals surface area contributed by atoms with Gasteiger partial charge < -0.3 is 75.8 Å². The molecule has 16 heteroatoms. The van der Waals surface area contributed by atoms with Crippen molar-refractivity contribution in [1.82, 2.24) is 0 Å². The highest BCUT2D eigenvalue weighted by atomic mass is 16.6. The van der Waals surface area contributed by atoms with Gasteiger partial charge in [0.1, 0.15) is 23.0 Å². The fraction of sp³-hybridized carbons (Fsp3) is 0.385. The van der Waals surface area contributed by atoms with E-state index >= 15 is 0 Å². The van der Waals surface area contributed by atoms with E-state index in [1.807, 2.05) is 48.5 Å². The van der Waals surface area contributed by atoms with Gasteiger partial charge in [0, 0.05) is 0 Å². The van der Waals surface area contributed by atoms with Crippen LogP contribution in [0.3, 0.4) is 0 Å². The molecule has 0 saturated heterocycles. The van der Waals surface area contributed by atoms with Crippen LogP contribution in [0, 0.1) is 5.92 Å². The minimum Gasteiger partial charge on any atom is -0.496 e. The molecule has 0 heterocycles. The number of rotatable bonds is 37. The van der Waals surface area contributed by atoms with Gasteiger partial charge in [-0.2, -0.15) is 0 Å². The molecule has 8 aromatic carbocycles. The zero-order valence-electron chi connectivity index (χ0n) is 57.7. The molecule has 0 aromatic heterocycles. The second-order valence-electron chi connectivity index (χ2n) is 23.0. The van der Waals surface area contributed by atoms with Gasteiger partial charge in [-0.3, -0.25) is 0 Å². The summed E-state index contributed by atoms with van der Waals surface area (Å²) in [5.41, 5.74) is 13.2. The fourth-order valence-electron chi connectivity index (χ4n) is 12.7. The molecule has 0 radical (unpaired) electrons. The smallest absolute Gasteiger partial charge is 0.203 e. The topological polar surface area (TPSA) is 148 Å². The molecule has 2 atom stereocenters. The number of benzene rings is 8. The van der Waals surface area contributed by atoms with Crippen LogP contribution in [0.2, 0.25) is 0 Å². The van der Waals surface area contributed by atoms with Crippen molar-refractivity contribution in [3.05, 3.63) is 188 Å². The predicted molar refractivity (Wildman–Crippen MR) is 368 cm³/mol. The molecule has 0 unspecified atom stereocenters. The molecule has 0 amide bonds. The van der Waals surface area contributed by atoms with Crippen LogP contribution in [-0.2, 0) is 70.6 Å². The second kappa shape index (κ2) is 34.5. The van der Waals surface area contributed by atoms with Crippen molar-refractivity contribution in [1.29, 1.82) is 0 Å². The third-order valence-electron chi connectivity index (χ3n) is 17.8. The summed E-state index contributed by atoms with van der Waals surface area (Å²) in [6.45, 7) is 0. The van der Waals surface area contributed by atoms with Crippen molar-refractivity contribution < 1.29 is 75.8 Å². The van der Waals surface area contributed by atoms with Gasteiger partial charge in [-0.05, 0) is 228 Å². The highest BCUT2D eigenvalue weighted by molar-refractivity contribution is 5.58. The van der Waals surface area contributed by atoms with Gasteiger partial charge in [-0.25, -0.2) is 0 Å². The minimum absolute atomic E-state index is 0.0156. The Labute approximate surface area is 556 Å². The van der Waals surface area contributed by atoms with Gasteiger partial charge in [-0.15, -0.1) is 0 Å². The van der Waals surface area contributed by atoms with Crippen molar-refractivity contribution >= 4 is 0 Å². The predicted octanol–water partition coefficient (Wildman–Crippen LogP) is 14.8. The lowest BCUT2D eigenvalue weighted by molar-refractivity contribution is 0.323. The number of methoxy groups -OCH3 is 16. The Balaban J connectivity index is 1.18. The van der Waals surface area contributed by atoms with E-state index in [2.05, 4.69) is 72.8 Å². The first-order chi connectivity index (χ1) is 45.8. The van der Waals surface area contributed by atoms with Crippen LogP contribution in [0.5, 0.6) is 92.0 Å². The molecule has 0 spiro atoms. The molecule has 8 aromatic rings. The zero-order chi connectivity index (χ0) is 67.3. The quantitative estimate of drug-likeness (QED) is 0.0363. The van der Waals surface area contributed by atoms with Gasteiger partial charge in [0.15, 0.2) is 46.0 Å². The summed E-state index contributed by atoms with van der Waals surface area (Å²) in [4.78, 5) is 0. The van der Waals surface area contributed by atoms with E-state index in [-0.39, 0.29) is 11.8 Å². The first-order valence-electron chi connectivity index (χ1n) is 31.6. The van der Waals surface area contributed by atoms with Crippen LogP contribution in [0.15, 0.2) is 121 Å². The molecule has 0 N–H and O–H groups in total. The maximum absolute atomic E-state index is 6.36. The maximum Gasteiger partial charge on any atom is 0.203 e. The normalized spacial score (nSPS) is 11.6. The number of aryl methyl sites for hydroxylation is 9. The first-order valence-corrected chi connectivity index (χ1v) is 31.6. The average Bonchev–Trinajstić information content (AvgIpc) is 1.36. The molecule has 0 fully saturated rings. The number of ether oxygens (including phenoxy) is 16. The van der Waals surface area contributed by atoms with Gasteiger partial charge in [0.2, 0.25) is 23.0 Å². The monoisotopic (exact) mass is 1290 g/mol. The Bertz CT molecular complexity index is 3680. The van der Waals surface area contributed by atoms with Crippen LogP contribution >= 0.6 is 0 Å². The number of hydrogen-bond acceptors (Lipinski definition) is 16. The average molecular weight is 1290 g/mol. The first kappa shape index (κ1) is 70.4. The lowest BCUT2D eigenvalue weighted by atomic mass is 9.75. The van der Waals surface area contributed by atoms with E-state index in [1.54, 1.807) is 114 Å². The van der Waals surface area contributed by atoms with Crippen molar-refractivity contribution in [2.45, 2.75) is 83.0 Å². The summed E-state index contributed by atoms with van der Waals surface area (Å²) in [7, 11) is 26.6. The summed E-state index contributed by atoms with van der Waals surface area (Å²) in [5.74, 6) is 10.6. The standard InChI is InChI=1S/C78H94O16/c1-79-63-37-49(17-25-56(63)28-21-52-40-67(83-5)75(91-13)68(41-52)84-6)18-32-60(35-50-19-26-57(64(38-50)80-2)29-22-53-42-69(85-7)76(92-14)70(43-53)86-8)62(61-34-33-59(66(48-61)82-4)31-24-55-46-73(89-11)78(94-16)74(47-55)90-12)36-51-20-27-58(65(39-51)81-3)30-23-54-44-71(87-9)77(93-15)72(45-54)88-10/h17,19-20,25-27,33-34,37-48,60,62H,18,21-24,28-32,35-36H2,1-16H3/t60-,62-/m0/s1. The molecule has 16 nitrogen and oxygen atoms in total. The Kier molecular flexibility index (Phi) is 25.8. The van der Waals surface area contributed by atoms with E-state index < -0.39 is 0 Å². The molecular weight excluding hydrogens is 1190 g/mol. The van der Waals surface area contributed by atoms with E-state index in [1.165, 1.54) is 5.56 Å². The Morgan fingerprint density at radius 1 is 0.213 bits per heavy atom. The summed E-state index contributed by atoms with van der Waals surface area (Å²) in [6, 6.07) is 42.9. The molecule has 502 valence electrons. The van der Waals surface area contributed by atoms with Gasteiger partial charge in [0.25, 0.3) is 0 Å². The molecular formula is C78H94O16. The van der Waals surface area contributed by atoms with Crippen molar-refractivity contribution in [2.24, 2.45) is 5.92 Å². The van der Waals surface area contributed by atoms with Crippen LogP contribution in [0.4, 0.5) is 0 Å². The van der Waals surface area contributed by atoms with Crippen molar-refractivity contribution in [3.63, 3.8) is 0 Å². The third kappa shape index (κ3) is 17.0. The van der Waals surface area contributed by atoms with Crippen LogP contribution in [-0.4, -0.2) is 114 Å². The summed E-state index contributed by atoms with van der Waals surface area (Å²) in [6.07, 6.45) is 8.82. The summed E-state index contributed by atoms with van der Waals surface area (Å²) < 4.78 is 93.3. The van der Waals surface area contributed by atoms with Crippen molar-refractivity contribution in [2.75, 3.05) is 114 Å². The second-order valence-corrected chi connectivity index (χ2v) is 23.0.